The Morgan fingerprint density at radius 1 is 1.06 bits per heavy atom. The Morgan fingerprint density at radius 3 is 2.50 bits per heavy atom. The fourth-order valence-corrected chi connectivity index (χ4v) is 3.32. The number of likely N-dealkylation sites (tertiary alicyclic amines) is 1. The number of rotatable bonds is 1. The molecule has 2 aliphatic rings. The molecule has 90 valence electrons. The summed E-state index contributed by atoms with van der Waals surface area (Å²) in [4.78, 5) is 2.49. The molecule has 2 atom stereocenters. The Kier molecular flexibility index (Phi) is 3.86. The molecule has 2 fully saturated rings. The monoisotopic (exact) mass is 220 g/mol. The molecule has 2 unspecified atom stereocenters. The summed E-state index contributed by atoms with van der Waals surface area (Å²) in [6.07, 6.45) is 9.94. The zero-order valence-electron chi connectivity index (χ0n) is 10.5. The predicted octanol–water partition coefficient (Wildman–Crippen LogP) is 3.33. The van der Waals surface area contributed by atoms with Crippen LogP contribution in [0.5, 0.6) is 0 Å². The van der Waals surface area contributed by atoms with Crippen molar-refractivity contribution >= 4 is 0 Å². The van der Waals surface area contributed by atoms with Gasteiger partial charge in [0.05, 0.1) is 6.07 Å². The fourth-order valence-electron chi connectivity index (χ4n) is 3.32. The van der Waals surface area contributed by atoms with Crippen molar-refractivity contribution in [3.63, 3.8) is 0 Å². The number of nitrogens with zero attached hydrogens (tertiary/aromatic N) is 2. The molecule has 0 spiro atoms. The van der Waals surface area contributed by atoms with E-state index in [1.54, 1.807) is 0 Å². The molecule has 0 bridgehead atoms. The summed E-state index contributed by atoms with van der Waals surface area (Å²) < 4.78 is 0. The average molecular weight is 220 g/mol. The van der Waals surface area contributed by atoms with Crippen molar-refractivity contribution in [3.05, 3.63) is 0 Å². The maximum atomic E-state index is 9.61. The second kappa shape index (κ2) is 5.19. The van der Waals surface area contributed by atoms with E-state index in [2.05, 4.69) is 17.9 Å². The Balaban J connectivity index is 2.08. The van der Waals surface area contributed by atoms with Gasteiger partial charge in [-0.2, -0.15) is 5.26 Å². The van der Waals surface area contributed by atoms with Crippen molar-refractivity contribution in [1.82, 2.24) is 4.90 Å². The molecule has 0 aromatic carbocycles. The van der Waals surface area contributed by atoms with Crippen LogP contribution in [0.3, 0.4) is 0 Å². The lowest BCUT2D eigenvalue weighted by atomic mass is 9.87. The Labute approximate surface area is 99.6 Å². The highest BCUT2D eigenvalue weighted by Gasteiger charge is 2.38. The SMILES string of the molecule is CC1CCCC(C#N)(N2CCCCC2)CC1. The molecular weight excluding hydrogens is 196 g/mol. The van der Waals surface area contributed by atoms with Crippen LogP contribution in [0.2, 0.25) is 0 Å². The molecule has 1 aliphatic heterocycles. The maximum absolute atomic E-state index is 9.61. The van der Waals surface area contributed by atoms with Crippen molar-refractivity contribution in [2.24, 2.45) is 5.92 Å². The van der Waals surface area contributed by atoms with Crippen molar-refractivity contribution < 1.29 is 0 Å². The molecule has 2 nitrogen and oxygen atoms in total. The van der Waals surface area contributed by atoms with Gasteiger partial charge in [0.15, 0.2) is 0 Å². The summed E-state index contributed by atoms with van der Waals surface area (Å²) in [5, 5.41) is 9.61. The van der Waals surface area contributed by atoms with E-state index in [4.69, 9.17) is 0 Å². The Hall–Kier alpha value is -0.550. The van der Waals surface area contributed by atoms with Crippen molar-refractivity contribution in [3.8, 4) is 6.07 Å². The highest BCUT2D eigenvalue weighted by atomic mass is 15.2. The zero-order valence-corrected chi connectivity index (χ0v) is 10.5. The van der Waals surface area contributed by atoms with Crippen molar-refractivity contribution in [2.45, 2.75) is 63.8 Å². The summed E-state index contributed by atoms with van der Waals surface area (Å²) in [6, 6.07) is 2.67. The van der Waals surface area contributed by atoms with E-state index in [0.717, 1.165) is 31.8 Å². The molecule has 1 heterocycles. The standard InChI is InChI=1S/C14H24N2/c1-13-6-5-8-14(12-15,9-7-13)16-10-3-2-4-11-16/h13H,2-11H2,1H3. The van der Waals surface area contributed by atoms with Gasteiger partial charge in [-0.25, -0.2) is 0 Å². The van der Waals surface area contributed by atoms with Gasteiger partial charge in [-0.05, 0) is 51.1 Å². The minimum Gasteiger partial charge on any atom is -0.286 e. The quantitative estimate of drug-likeness (QED) is 0.634. The minimum absolute atomic E-state index is 0.106. The van der Waals surface area contributed by atoms with E-state index in [-0.39, 0.29) is 5.54 Å². The van der Waals surface area contributed by atoms with Crippen LogP contribution in [0, 0.1) is 17.2 Å². The van der Waals surface area contributed by atoms with Crippen LogP contribution in [-0.2, 0) is 0 Å². The lowest BCUT2D eigenvalue weighted by molar-refractivity contribution is 0.0957. The van der Waals surface area contributed by atoms with Gasteiger partial charge in [-0.1, -0.05) is 26.2 Å². The van der Waals surface area contributed by atoms with Gasteiger partial charge in [0.2, 0.25) is 0 Å². The van der Waals surface area contributed by atoms with E-state index >= 15 is 0 Å². The third-order valence-electron chi connectivity index (χ3n) is 4.51. The first-order valence-electron chi connectivity index (χ1n) is 6.93. The molecular formula is C14H24N2. The van der Waals surface area contributed by atoms with E-state index in [9.17, 15) is 5.26 Å². The minimum atomic E-state index is -0.106. The van der Waals surface area contributed by atoms with Gasteiger partial charge >= 0.3 is 0 Å². The van der Waals surface area contributed by atoms with Gasteiger partial charge in [-0.15, -0.1) is 0 Å². The molecule has 2 rings (SSSR count). The smallest absolute Gasteiger partial charge is 0.109 e. The first-order chi connectivity index (χ1) is 7.77. The highest BCUT2D eigenvalue weighted by Crippen LogP contribution is 2.35. The normalized spacial score (nSPS) is 37.6. The van der Waals surface area contributed by atoms with E-state index in [1.807, 2.05) is 0 Å². The van der Waals surface area contributed by atoms with E-state index in [1.165, 1.54) is 38.5 Å². The lowest BCUT2D eigenvalue weighted by Gasteiger charge is -2.40. The summed E-state index contributed by atoms with van der Waals surface area (Å²) >= 11 is 0. The van der Waals surface area contributed by atoms with Crippen molar-refractivity contribution in [1.29, 1.82) is 5.26 Å². The Morgan fingerprint density at radius 2 is 1.81 bits per heavy atom. The number of hydrogen-bond acceptors (Lipinski definition) is 2. The third kappa shape index (κ3) is 2.40. The van der Waals surface area contributed by atoms with Gasteiger partial charge < -0.3 is 0 Å². The predicted molar refractivity (Wildman–Crippen MR) is 66.0 cm³/mol. The number of hydrogen-bond donors (Lipinski definition) is 0. The molecule has 1 aliphatic carbocycles. The Bertz CT molecular complexity index is 262. The summed E-state index contributed by atoms with van der Waals surface area (Å²) in [5.74, 6) is 0.819. The molecule has 0 amide bonds. The summed E-state index contributed by atoms with van der Waals surface area (Å²) in [7, 11) is 0. The molecule has 1 saturated heterocycles. The molecule has 16 heavy (non-hydrogen) atoms. The number of piperidine rings is 1. The molecule has 0 aromatic heterocycles. The van der Waals surface area contributed by atoms with Gasteiger partial charge in [0.1, 0.15) is 5.54 Å². The van der Waals surface area contributed by atoms with Crippen LogP contribution >= 0.6 is 0 Å². The van der Waals surface area contributed by atoms with Crippen LogP contribution in [0.4, 0.5) is 0 Å². The second-order valence-electron chi connectivity index (χ2n) is 5.73. The second-order valence-corrected chi connectivity index (χ2v) is 5.73. The number of nitriles is 1. The first kappa shape index (κ1) is 11.9. The van der Waals surface area contributed by atoms with Crippen LogP contribution in [0.1, 0.15) is 58.3 Å². The summed E-state index contributed by atoms with van der Waals surface area (Å²) in [6.45, 7) is 4.65. The molecule has 2 heteroatoms. The summed E-state index contributed by atoms with van der Waals surface area (Å²) in [5.41, 5.74) is -0.106. The zero-order chi connectivity index (χ0) is 11.4. The fraction of sp³-hybridized carbons (Fsp3) is 0.929. The van der Waals surface area contributed by atoms with E-state index < -0.39 is 0 Å². The average Bonchev–Trinajstić information content (AvgIpc) is 2.53. The van der Waals surface area contributed by atoms with Crippen LogP contribution in [0.25, 0.3) is 0 Å². The van der Waals surface area contributed by atoms with Gasteiger partial charge in [0, 0.05) is 0 Å². The molecule has 0 N–H and O–H groups in total. The molecule has 0 radical (unpaired) electrons. The van der Waals surface area contributed by atoms with Crippen LogP contribution in [-0.4, -0.2) is 23.5 Å². The van der Waals surface area contributed by atoms with E-state index in [0.29, 0.717) is 0 Å². The maximum Gasteiger partial charge on any atom is 0.109 e. The first-order valence-corrected chi connectivity index (χ1v) is 6.93. The van der Waals surface area contributed by atoms with Gasteiger partial charge in [-0.3, -0.25) is 4.90 Å². The molecule has 0 aromatic rings. The molecule has 1 saturated carbocycles. The largest absolute Gasteiger partial charge is 0.286 e. The van der Waals surface area contributed by atoms with Crippen LogP contribution < -0.4 is 0 Å². The highest BCUT2D eigenvalue weighted by molar-refractivity contribution is 5.09. The van der Waals surface area contributed by atoms with Crippen molar-refractivity contribution in [2.75, 3.05) is 13.1 Å². The topological polar surface area (TPSA) is 27.0 Å². The van der Waals surface area contributed by atoms with Gasteiger partial charge in [0.25, 0.3) is 0 Å². The lowest BCUT2D eigenvalue weighted by Crippen LogP contribution is -2.49. The third-order valence-corrected chi connectivity index (χ3v) is 4.51. The van der Waals surface area contributed by atoms with Crippen LogP contribution in [0.15, 0.2) is 0 Å².